The number of fused-ring (bicyclic) bond motifs is 4. The molecule has 32 heavy (non-hydrogen) atoms. The largest absolute Gasteiger partial charge is 0.453 e. The second-order valence-corrected chi connectivity index (χ2v) is 8.87. The summed E-state index contributed by atoms with van der Waals surface area (Å²) in [7, 11) is 0. The van der Waals surface area contributed by atoms with Gasteiger partial charge < -0.3 is 9.40 Å². The van der Waals surface area contributed by atoms with Gasteiger partial charge >= 0.3 is 5.69 Å². The molecular weight excluding hydrogens is 404 g/mol. The maximum Gasteiger partial charge on any atom is 0.329 e. The Labute approximate surface area is 183 Å². The SMILES string of the molecule is C[C@@H]1CCCC[C@@H]1n1c(=O)n(CC(=O)c2cc3ccccc3o2)c2cnc3[nH]ccc3c21. The second kappa shape index (κ2) is 7.22. The Hall–Kier alpha value is -3.61. The highest BCUT2D eigenvalue weighted by atomic mass is 16.3. The summed E-state index contributed by atoms with van der Waals surface area (Å²) in [4.78, 5) is 34.5. The summed E-state index contributed by atoms with van der Waals surface area (Å²) in [5, 5.41) is 1.78. The highest BCUT2D eigenvalue weighted by molar-refractivity contribution is 6.02. The molecule has 5 aromatic rings. The van der Waals surface area contributed by atoms with Gasteiger partial charge in [-0.3, -0.25) is 13.9 Å². The predicted octanol–water partition coefficient (Wildman–Crippen LogP) is 5.06. The van der Waals surface area contributed by atoms with Gasteiger partial charge in [0.2, 0.25) is 5.78 Å². The first kappa shape index (κ1) is 19.1. The summed E-state index contributed by atoms with van der Waals surface area (Å²) in [6.07, 6.45) is 7.90. The van der Waals surface area contributed by atoms with Crippen molar-refractivity contribution >= 4 is 38.8 Å². The highest BCUT2D eigenvalue weighted by Gasteiger charge is 2.29. The molecule has 1 fully saturated rings. The summed E-state index contributed by atoms with van der Waals surface area (Å²) in [5.74, 6) is 0.433. The van der Waals surface area contributed by atoms with Gasteiger partial charge in [-0.1, -0.05) is 38.0 Å². The summed E-state index contributed by atoms with van der Waals surface area (Å²) < 4.78 is 9.24. The number of nitrogens with one attached hydrogen (secondary N) is 1. The third-order valence-corrected chi connectivity index (χ3v) is 6.91. The summed E-state index contributed by atoms with van der Waals surface area (Å²) in [6, 6.07) is 11.3. The molecule has 4 aromatic heterocycles. The predicted molar refractivity (Wildman–Crippen MR) is 123 cm³/mol. The van der Waals surface area contributed by atoms with Gasteiger partial charge in [0.1, 0.15) is 11.2 Å². The molecule has 4 heterocycles. The number of H-pyrrole nitrogens is 1. The van der Waals surface area contributed by atoms with Gasteiger partial charge in [0.15, 0.2) is 5.76 Å². The molecule has 7 heteroatoms. The molecule has 1 aliphatic carbocycles. The summed E-state index contributed by atoms with van der Waals surface area (Å²) in [6.45, 7) is 2.13. The zero-order chi connectivity index (χ0) is 21.8. The number of aromatic nitrogens is 4. The normalized spacial score (nSPS) is 19.3. The van der Waals surface area contributed by atoms with Crippen LogP contribution < -0.4 is 5.69 Å². The van der Waals surface area contributed by atoms with E-state index in [9.17, 15) is 9.59 Å². The fourth-order valence-electron chi connectivity index (χ4n) is 5.24. The van der Waals surface area contributed by atoms with Crippen molar-refractivity contribution in [1.82, 2.24) is 19.1 Å². The molecule has 1 saturated carbocycles. The van der Waals surface area contributed by atoms with Crippen LogP contribution >= 0.6 is 0 Å². The van der Waals surface area contributed by atoms with Crippen molar-refractivity contribution < 1.29 is 9.21 Å². The van der Waals surface area contributed by atoms with Crippen molar-refractivity contribution in [2.45, 2.75) is 45.2 Å². The molecule has 2 atom stereocenters. The van der Waals surface area contributed by atoms with Crippen LogP contribution in [0, 0.1) is 5.92 Å². The molecule has 1 aliphatic rings. The van der Waals surface area contributed by atoms with Crippen LogP contribution in [0.3, 0.4) is 0 Å². The molecule has 6 rings (SSSR count). The average molecular weight is 428 g/mol. The van der Waals surface area contributed by atoms with Crippen molar-refractivity contribution in [1.29, 1.82) is 0 Å². The summed E-state index contributed by atoms with van der Waals surface area (Å²) >= 11 is 0. The molecule has 0 bridgehead atoms. The lowest BCUT2D eigenvalue weighted by molar-refractivity contribution is 0.0946. The zero-order valence-electron chi connectivity index (χ0n) is 17.9. The van der Waals surface area contributed by atoms with Crippen LogP contribution in [0.2, 0.25) is 0 Å². The maximum atomic E-state index is 13.7. The molecular formula is C25H24N4O3. The number of nitrogens with zero attached hydrogens (tertiary/aromatic N) is 3. The Balaban J connectivity index is 1.51. The number of Topliss-reactive ketones (excluding diaryl/α,β-unsaturated/α-hetero) is 1. The number of hydrogen-bond acceptors (Lipinski definition) is 4. The lowest BCUT2D eigenvalue weighted by Gasteiger charge is -2.29. The molecule has 0 amide bonds. The first-order valence-corrected chi connectivity index (χ1v) is 11.2. The van der Waals surface area contributed by atoms with Crippen LogP contribution in [-0.2, 0) is 6.54 Å². The number of para-hydroxylation sites is 1. The third kappa shape index (κ3) is 2.84. The van der Waals surface area contributed by atoms with Crippen LogP contribution in [0.1, 0.15) is 49.2 Å². The minimum Gasteiger partial charge on any atom is -0.453 e. The van der Waals surface area contributed by atoms with E-state index in [1.165, 1.54) is 6.42 Å². The van der Waals surface area contributed by atoms with Crippen LogP contribution in [0.15, 0.2) is 58.0 Å². The van der Waals surface area contributed by atoms with Gasteiger partial charge in [0, 0.05) is 23.0 Å². The monoisotopic (exact) mass is 428 g/mol. The number of ketones is 1. The van der Waals surface area contributed by atoms with E-state index >= 15 is 0 Å². The number of benzene rings is 1. The Morgan fingerprint density at radius 3 is 2.91 bits per heavy atom. The number of carbonyl (C=O) groups excluding carboxylic acids is 1. The molecule has 0 spiro atoms. The molecule has 1 N–H and O–H groups in total. The smallest absolute Gasteiger partial charge is 0.329 e. The fraction of sp³-hybridized carbons (Fsp3) is 0.320. The van der Waals surface area contributed by atoms with Crippen molar-refractivity contribution in [3.8, 4) is 0 Å². The molecule has 162 valence electrons. The number of pyridine rings is 1. The molecule has 1 aromatic carbocycles. The van der Waals surface area contributed by atoms with E-state index in [4.69, 9.17) is 4.42 Å². The van der Waals surface area contributed by atoms with Gasteiger partial charge in [-0.15, -0.1) is 0 Å². The van der Waals surface area contributed by atoms with E-state index in [0.717, 1.165) is 41.2 Å². The third-order valence-electron chi connectivity index (χ3n) is 6.91. The van der Waals surface area contributed by atoms with E-state index in [-0.39, 0.29) is 29.8 Å². The quantitative estimate of drug-likeness (QED) is 0.406. The van der Waals surface area contributed by atoms with E-state index in [2.05, 4.69) is 16.9 Å². The number of aromatic amines is 1. The van der Waals surface area contributed by atoms with Gasteiger partial charge in [-0.05, 0) is 37.0 Å². The lowest BCUT2D eigenvalue weighted by atomic mass is 9.85. The van der Waals surface area contributed by atoms with Gasteiger partial charge in [-0.2, -0.15) is 0 Å². The zero-order valence-corrected chi connectivity index (χ0v) is 17.9. The van der Waals surface area contributed by atoms with E-state index in [0.29, 0.717) is 17.0 Å². The van der Waals surface area contributed by atoms with Crippen LogP contribution in [0.4, 0.5) is 0 Å². The topological polar surface area (TPSA) is 85.8 Å². The molecule has 7 nitrogen and oxygen atoms in total. The first-order chi connectivity index (χ1) is 15.6. The van der Waals surface area contributed by atoms with E-state index < -0.39 is 0 Å². The lowest BCUT2D eigenvalue weighted by Crippen LogP contribution is -2.33. The number of carbonyl (C=O) groups is 1. The van der Waals surface area contributed by atoms with Crippen LogP contribution in [0.25, 0.3) is 33.0 Å². The summed E-state index contributed by atoms with van der Waals surface area (Å²) in [5.41, 5.74) is 2.80. The van der Waals surface area contributed by atoms with Crippen molar-refractivity contribution in [3.05, 3.63) is 65.0 Å². The van der Waals surface area contributed by atoms with Crippen molar-refractivity contribution in [2.75, 3.05) is 0 Å². The molecule has 0 radical (unpaired) electrons. The number of furan rings is 1. The molecule has 0 unspecified atom stereocenters. The Morgan fingerprint density at radius 2 is 2.06 bits per heavy atom. The number of rotatable bonds is 4. The minimum atomic E-state index is -0.229. The molecule has 0 aliphatic heterocycles. The van der Waals surface area contributed by atoms with Gasteiger partial charge in [0.25, 0.3) is 0 Å². The van der Waals surface area contributed by atoms with Crippen molar-refractivity contribution in [2.24, 2.45) is 5.92 Å². The number of hydrogen-bond donors (Lipinski definition) is 1. The molecule has 0 saturated heterocycles. The maximum absolute atomic E-state index is 13.7. The van der Waals surface area contributed by atoms with Crippen molar-refractivity contribution in [3.63, 3.8) is 0 Å². The Bertz CT molecular complexity index is 1500. The van der Waals surface area contributed by atoms with Crippen LogP contribution in [-0.4, -0.2) is 24.9 Å². The fourth-order valence-corrected chi connectivity index (χ4v) is 5.24. The minimum absolute atomic E-state index is 0.0825. The van der Waals surface area contributed by atoms with Gasteiger partial charge in [-0.25, -0.2) is 9.78 Å². The van der Waals surface area contributed by atoms with E-state index in [1.807, 2.05) is 41.1 Å². The standard InChI is InChI=1S/C25H24N4O3/c1-15-6-2-4-8-18(15)29-23-17-10-11-26-24(17)27-13-19(23)28(25(29)31)14-20(30)22-12-16-7-3-5-9-21(16)32-22/h3,5,7,9-13,15,18H,2,4,6,8,14H2,1H3,(H,26,27)/t15-,18+/m1/s1. The number of imidazole rings is 1. The Kier molecular flexibility index (Phi) is 4.31. The first-order valence-electron chi connectivity index (χ1n) is 11.2. The second-order valence-electron chi connectivity index (χ2n) is 8.87. The highest BCUT2D eigenvalue weighted by Crippen LogP contribution is 2.36. The average Bonchev–Trinajstić information content (AvgIpc) is 3.51. The van der Waals surface area contributed by atoms with Gasteiger partial charge in [0.05, 0.1) is 23.8 Å². The Morgan fingerprint density at radius 1 is 1.22 bits per heavy atom. The van der Waals surface area contributed by atoms with E-state index in [1.54, 1.807) is 16.8 Å². The van der Waals surface area contributed by atoms with Crippen LogP contribution in [0.5, 0.6) is 0 Å².